The van der Waals surface area contributed by atoms with Gasteiger partial charge < -0.3 is 20.1 Å². The Hall–Kier alpha value is -4.37. The van der Waals surface area contributed by atoms with E-state index in [-0.39, 0.29) is 25.1 Å². The number of carbonyl (C=O) groups excluding carboxylic acids is 4. The van der Waals surface area contributed by atoms with E-state index in [2.05, 4.69) is 10.6 Å². The highest BCUT2D eigenvalue weighted by molar-refractivity contribution is 7.90. The number of nitrogens with zero attached hydrogens (tertiary/aromatic N) is 2. The van der Waals surface area contributed by atoms with Gasteiger partial charge in [0.1, 0.15) is 6.04 Å². The van der Waals surface area contributed by atoms with Crippen LogP contribution in [0, 0.1) is 0 Å². The molecule has 228 valence electrons. The maximum atomic E-state index is 13.8. The van der Waals surface area contributed by atoms with Crippen LogP contribution in [-0.2, 0) is 30.0 Å². The van der Waals surface area contributed by atoms with Crippen LogP contribution in [0.2, 0.25) is 5.02 Å². The Labute approximate surface area is 251 Å². The van der Waals surface area contributed by atoms with Crippen molar-refractivity contribution in [1.29, 1.82) is 0 Å². The van der Waals surface area contributed by atoms with Gasteiger partial charge in [-0.15, -0.1) is 0 Å². The van der Waals surface area contributed by atoms with E-state index in [9.17, 15) is 32.4 Å². The average Bonchev–Trinajstić information content (AvgIpc) is 3.74. The van der Waals surface area contributed by atoms with E-state index in [1.165, 1.54) is 36.2 Å². The van der Waals surface area contributed by atoms with Crippen LogP contribution < -0.4 is 20.3 Å². The summed E-state index contributed by atoms with van der Waals surface area (Å²) in [5.41, 5.74) is 0.174. The first kappa shape index (κ1) is 30.1. The minimum absolute atomic E-state index is 0.0695. The Morgan fingerprint density at radius 3 is 2.53 bits per heavy atom. The molecule has 0 unspecified atom stereocenters. The second-order valence-corrected chi connectivity index (χ2v) is 13.0. The Morgan fingerprint density at radius 2 is 1.88 bits per heavy atom. The largest absolute Gasteiger partial charge is 0.465 e. The topological polar surface area (TPSA) is 192 Å². The van der Waals surface area contributed by atoms with Gasteiger partial charge in [0.05, 0.1) is 23.9 Å². The molecule has 0 bridgehead atoms. The standard InChI is InChI=1S/C27H28ClN5O9S/c1-32(26(38)39)17-5-2-15(3-6-17)23(35)29-21(13-22(34)31-43(40,41)18-7-8-18)24(36)33-11-10-27(14-33)19-12-16(28)4-9-20(19)30-25(37)42-27/h2-6,9,12,18,21H,7-8,10-11,13-14H2,1H3,(H,29,35)(H,30,37)(H,31,34)(H,38,39)/t21-,27-/m0/s1. The fourth-order valence-electron chi connectivity index (χ4n) is 5.10. The third-order valence-electron chi connectivity index (χ3n) is 7.56. The lowest BCUT2D eigenvalue weighted by molar-refractivity contribution is -0.135. The number of likely N-dealkylation sites (tertiary alicyclic amines) is 1. The van der Waals surface area contributed by atoms with Gasteiger partial charge in [0, 0.05) is 41.9 Å². The van der Waals surface area contributed by atoms with Gasteiger partial charge >= 0.3 is 12.2 Å². The van der Waals surface area contributed by atoms with Gasteiger partial charge in [-0.3, -0.25) is 29.3 Å². The number of carbonyl (C=O) groups is 5. The number of nitrogens with one attached hydrogen (secondary N) is 3. The first-order valence-electron chi connectivity index (χ1n) is 13.3. The highest BCUT2D eigenvalue weighted by Crippen LogP contribution is 2.44. The number of halogens is 1. The number of fused-ring (bicyclic) bond motifs is 2. The van der Waals surface area contributed by atoms with Gasteiger partial charge in [0.15, 0.2) is 5.60 Å². The summed E-state index contributed by atoms with van der Waals surface area (Å²) < 4.78 is 32.3. The molecule has 1 spiro atoms. The van der Waals surface area contributed by atoms with Crippen LogP contribution in [0.3, 0.4) is 0 Å². The zero-order valence-corrected chi connectivity index (χ0v) is 24.4. The molecule has 2 aliphatic heterocycles. The van der Waals surface area contributed by atoms with Crippen LogP contribution >= 0.6 is 11.6 Å². The summed E-state index contributed by atoms with van der Waals surface area (Å²) in [6.45, 7) is -0.000172. The van der Waals surface area contributed by atoms with Crippen molar-refractivity contribution in [3.05, 3.63) is 58.6 Å². The maximum absolute atomic E-state index is 13.8. The van der Waals surface area contributed by atoms with Crippen LogP contribution in [0.25, 0.3) is 0 Å². The van der Waals surface area contributed by atoms with Crippen molar-refractivity contribution >= 4 is 62.9 Å². The van der Waals surface area contributed by atoms with Gasteiger partial charge in [-0.05, 0) is 55.3 Å². The minimum atomic E-state index is -3.91. The number of carboxylic acid groups (broad SMARTS) is 1. The van der Waals surface area contributed by atoms with Gasteiger partial charge in [-0.1, -0.05) is 11.6 Å². The molecule has 2 atom stereocenters. The van der Waals surface area contributed by atoms with Crippen LogP contribution in [0.5, 0.6) is 0 Å². The molecule has 1 aliphatic carbocycles. The third kappa shape index (κ3) is 6.37. The number of hydrogen-bond donors (Lipinski definition) is 4. The number of hydrogen-bond acceptors (Lipinski definition) is 8. The van der Waals surface area contributed by atoms with E-state index in [1.54, 1.807) is 18.2 Å². The predicted molar refractivity (Wildman–Crippen MR) is 153 cm³/mol. The average molecular weight is 634 g/mol. The second kappa shape index (κ2) is 11.4. The van der Waals surface area contributed by atoms with E-state index >= 15 is 0 Å². The number of benzene rings is 2. The molecule has 5 amide bonds. The van der Waals surface area contributed by atoms with Gasteiger partial charge in [-0.25, -0.2) is 18.0 Å². The molecule has 2 aromatic carbocycles. The van der Waals surface area contributed by atoms with Crippen LogP contribution in [0.1, 0.15) is 41.6 Å². The van der Waals surface area contributed by atoms with Gasteiger partial charge in [0.2, 0.25) is 21.8 Å². The highest BCUT2D eigenvalue weighted by Gasteiger charge is 2.49. The van der Waals surface area contributed by atoms with E-state index in [4.69, 9.17) is 21.4 Å². The first-order chi connectivity index (χ1) is 20.3. The molecule has 14 nitrogen and oxygen atoms in total. The normalized spacial score (nSPS) is 20.0. The van der Waals surface area contributed by atoms with Crippen LogP contribution in [-0.4, -0.2) is 79.8 Å². The highest BCUT2D eigenvalue weighted by atomic mass is 35.5. The molecule has 0 radical (unpaired) electrons. The zero-order chi connectivity index (χ0) is 31.1. The Balaban J connectivity index is 1.37. The van der Waals surface area contributed by atoms with Crippen LogP contribution in [0.15, 0.2) is 42.5 Å². The smallest absolute Gasteiger partial charge is 0.412 e. The molecule has 5 rings (SSSR count). The molecule has 3 aliphatic rings. The molecule has 2 aromatic rings. The zero-order valence-electron chi connectivity index (χ0n) is 22.8. The lowest BCUT2D eigenvalue weighted by atomic mass is 9.90. The van der Waals surface area contributed by atoms with Crippen LogP contribution in [0.4, 0.5) is 21.0 Å². The summed E-state index contributed by atoms with van der Waals surface area (Å²) in [5, 5.41) is 14.0. The van der Waals surface area contributed by atoms with Gasteiger partial charge in [-0.2, -0.15) is 0 Å². The quantitative estimate of drug-likeness (QED) is 0.337. The second-order valence-electron chi connectivity index (χ2n) is 10.6. The van der Waals surface area contributed by atoms with Crippen molar-refractivity contribution < 1.29 is 42.2 Å². The monoisotopic (exact) mass is 633 g/mol. The van der Waals surface area contributed by atoms with Crippen molar-refractivity contribution in [2.75, 3.05) is 30.4 Å². The predicted octanol–water partition coefficient (Wildman–Crippen LogP) is 2.24. The number of rotatable bonds is 8. The molecule has 1 saturated carbocycles. The van der Waals surface area contributed by atoms with E-state index in [0.717, 1.165) is 4.90 Å². The van der Waals surface area contributed by atoms with Crippen molar-refractivity contribution in [1.82, 2.24) is 14.9 Å². The first-order valence-corrected chi connectivity index (χ1v) is 15.2. The molecule has 4 N–H and O–H groups in total. The third-order valence-corrected chi connectivity index (χ3v) is 9.65. The molecular weight excluding hydrogens is 606 g/mol. The summed E-state index contributed by atoms with van der Waals surface area (Å²) >= 11 is 6.20. The van der Waals surface area contributed by atoms with E-state index in [0.29, 0.717) is 34.8 Å². The molecule has 1 saturated heterocycles. The number of sulfonamides is 1. The number of ether oxygens (including phenoxy) is 1. The minimum Gasteiger partial charge on any atom is -0.465 e. The summed E-state index contributed by atoms with van der Waals surface area (Å²) in [4.78, 5) is 65.6. The SMILES string of the molecule is CN(C(=O)O)c1ccc(C(=O)N[C@@H](CC(=O)NS(=O)(=O)C2CC2)C(=O)N2CC[C@@]3(C2)OC(=O)Nc2ccc(Cl)cc23)cc1. The van der Waals surface area contributed by atoms with Crippen molar-refractivity contribution in [2.24, 2.45) is 0 Å². The fourth-order valence-corrected chi connectivity index (χ4v) is 6.60. The Bertz CT molecular complexity index is 1610. The Kier molecular flexibility index (Phi) is 7.96. The maximum Gasteiger partial charge on any atom is 0.412 e. The summed E-state index contributed by atoms with van der Waals surface area (Å²) in [7, 11) is -2.58. The molecular formula is C27H28ClN5O9S. The van der Waals surface area contributed by atoms with Crippen molar-refractivity contribution in [3.63, 3.8) is 0 Å². The molecule has 43 heavy (non-hydrogen) atoms. The van der Waals surface area contributed by atoms with Gasteiger partial charge in [0.25, 0.3) is 5.91 Å². The van der Waals surface area contributed by atoms with E-state index < -0.39 is 63.2 Å². The summed E-state index contributed by atoms with van der Waals surface area (Å²) in [5.74, 6) is -2.41. The van der Waals surface area contributed by atoms with Crippen molar-refractivity contribution in [3.8, 4) is 0 Å². The fraction of sp³-hybridized carbons (Fsp3) is 0.370. The molecule has 0 aromatic heterocycles. The molecule has 2 fully saturated rings. The molecule has 16 heteroatoms. The number of anilines is 2. The van der Waals surface area contributed by atoms with E-state index in [1.807, 2.05) is 4.72 Å². The Morgan fingerprint density at radius 1 is 1.19 bits per heavy atom. The molecule has 2 heterocycles. The number of amides is 5. The summed E-state index contributed by atoms with van der Waals surface area (Å²) in [6.07, 6.45) is -1.55. The lowest BCUT2D eigenvalue weighted by Crippen LogP contribution is -2.51. The lowest BCUT2D eigenvalue weighted by Gasteiger charge is -2.35. The summed E-state index contributed by atoms with van der Waals surface area (Å²) in [6, 6.07) is 8.87. The van der Waals surface area contributed by atoms with Crippen molar-refractivity contribution in [2.45, 2.75) is 42.6 Å².